The largest absolute Gasteiger partial charge is 0.756 e. The number of hydrogen-bond donors (Lipinski definition) is 0. The summed E-state index contributed by atoms with van der Waals surface area (Å²) in [5.74, 6) is -0.581. The van der Waals surface area contributed by atoms with E-state index in [2.05, 4.69) is 32.0 Å². The lowest BCUT2D eigenvalue weighted by atomic mass is 10.3. The van der Waals surface area contributed by atoms with Crippen molar-refractivity contribution in [1.82, 2.24) is 0 Å². The van der Waals surface area contributed by atoms with Crippen molar-refractivity contribution in [2.45, 2.75) is 33.6 Å². The van der Waals surface area contributed by atoms with Gasteiger partial charge in [-0.3, -0.25) is 4.57 Å². The van der Waals surface area contributed by atoms with Crippen molar-refractivity contribution in [2.24, 2.45) is 0 Å². The molecule has 7 nitrogen and oxygen atoms in total. The Kier molecular flexibility index (Phi) is 10.6. The Bertz CT molecular complexity index is 420. The van der Waals surface area contributed by atoms with E-state index in [1.54, 1.807) is 0 Å². The summed E-state index contributed by atoms with van der Waals surface area (Å²) < 4.78 is 26.7. The van der Waals surface area contributed by atoms with Crippen LogP contribution >= 0.6 is 7.82 Å². The van der Waals surface area contributed by atoms with Crippen molar-refractivity contribution in [2.75, 3.05) is 46.5 Å². The molecule has 1 unspecified atom stereocenters. The van der Waals surface area contributed by atoms with Gasteiger partial charge in [0.2, 0.25) is 0 Å². The molecule has 136 valence electrons. The summed E-state index contributed by atoms with van der Waals surface area (Å²) in [5.41, 5.74) is 0.246. The third-order valence-corrected chi connectivity index (χ3v) is 4.32. The zero-order valence-corrected chi connectivity index (χ0v) is 15.6. The highest BCUT2D eigenvalue weighted by molar-refractivity contribution is 7.45. The topological polar surface area (TPSA) is 84.9 Å². The highest BCUT2D eigenvalue weighted by Crippen LogP contribution is 2.37. The lowest BCUT2D eigenvalue weighted by Crippen LogP contribution is -2.47. The van der Waals surface area contributed by atoms with Gasteiger partial charge in [0.25, 0.3) is 7.82 Å². The van der Waals surface area contributed by atoms with Gasteiger partial charge in [0.05, 0.1) is 26.7 Å². The highest BCUT2D eigenvalue weighted by atomic mass is 31.2. The number of carbonyl (C=O) groups excluding carboxylic acids is 1. The van der Waals surface area contributed by atoms with E-state index in [1.807, 2.05) is 0 Å². The smallest absolute Gasteiger partial charge is 0.333 e. The van der Waals surface area contributed by atoms with Gasteiger partial charge in [-0.05, 0) is 19.8 Å². The molecule has 0 saturated carbocycles. The number of ether oxygens (including phenoxy) is 1. The quantitative estimate of drug-likeness (QED) is 0.166. The van der Waals surface area contributed by atoms with Crippen molar-refractivity contribution < 1.29 is 32.5 Å². The van der Waals surface area contributed by atoms with E-state index < -0.39 is 13.8 Å². The predicted molar refractivity (Wildman–Crippen MR) is 86.7 cm³/mol. The summed E-state index contributed by atoms with van der Waals surface area (Å²) in [5, 5.41) is 0. The van der Waals surface area contributed by atoms with Crippen LogP contribution in [0.1, 0.15) is 33.6 Å². The van der Waals surface area contributed by atoms with Crippen LogP contribution in [0.15, 0.2) is 12.2 Å². The Morgan fingerprint density at radius 3 is 2.09 bits per heavy atom. The van der Waals surface area contributed by atoms with Gasteiger partial charge in [-0.2, -0.15) is 0 Å². The predicted octanol–water partition coefficient (Wildman–Crippen LogP) is 1.87. The second-order valence-electron chi connectivity index (χ2n) is 5.82. The first-order valence-electron chi connectivity index (χ1n) is 7.92. The molecule has 0 N–H and O–H groups in total. The van der Waals surface area contributed by atoms with E-state index in [-0.39, 0.29) is 25.4 Å². The molecule has 1 atom stereocenters. The Balaban J connectivity index is 4.10. The number of quaternary nitrogens is 1. The summed E-state index contributed by atoms with van der Waals surface area (Å²) >= 11 is 0. The van der Waals surface area contributed by atoms with E-state index in [0.29, 0.717) is 6.54 Å². The normalized spacial score (nSPS) is 14.3. The Morgan fingerprint density at radius 2 is 1.61 bits per heavy atom. The van der Waals surface area contributed by atoms with Gasteiger partial charge in [0.1, 0.15) is 19.8 Å². The van der Waals surface area contributed by atoms with Crippen molar-refractivity contribution >= 4 is 13.8 Å². The lowest BCUT2D eigenvalue weighted by Gasteiger charge is -2.34. The standard InChI is InChI=1S/C15H30NO6P/c1-6-8-16(5,9-7-2)10-11-21-23(18,19)22-13-12-20-15(17)14(3)4/h3,6-13H2,1-2,4-5H3. The molecule has 23 heavy (non-hydrogen) atoms. The molecular weight excluding hydrogens is 321 g/mol. The average Bonchev–Trinajstić information content (AvgIpc) is 2.43. The zero-order chi connectivity index (χ0) is 17.9. The van der Waals surface area contributed by atoms with Gasteiger partial charge in [0.15, 0.2) is 0 Å². The average molecular weight is 351 g/mol. The molecule has 0 saturated heterocycles. The third-order valence-electron chi connectivity index (χ3n) is 3.32. The van der Waals surface area contributed by atoms with Gasteiger partial charge in [-0.25, -0.2) is 4.79 Å². The van der Waals surface area contributed by atoms with Crippen molar-refractivity contribution in [3.8, 4) is 0 Å². The maximum absolute atomic E-state index is 11.6. The van der Waals surface area contributed by atoms with E-state index in [1.165, 1.54) is 6.92 Å². The van der Waals surface area contributed by atoms with Crippen LogP contribution in [-0.4, -0.2) is 57.0 Å². The summed E-state index contributed by atoms with van der Waals surface area (Å²) in [7, 11) is -2.29. The fourth-order valence-electron chi connectivity index (χ4n) is 2.23. The zero-order valence-electron chi connectivity index (χ0n) is 14.7. The molecule has 0 radical (unpaired) electrons. The molecular formula is C15H30NO6P. The van der Waals surface area contributed by atoms with Gasteiger partial charge >= 0.3 is 5.97 Å². The lowest BCUT2D eigenvalue weighted by molar-refractivity contribution is -0.909. The summed E-state index contributed by atoms with van der Waals surface area (Å²) in [6, 6.07) is 0. The van der Waals surface area contributed by atoms with E-state index in [9.17, 15) is 14.3 Å². The fourth-order valence-corrected chi connectivity index (χ4v) is 2.91. The number of phosphoric acid groups is 1. The van der Waals surface area contributed by atoms with Crippen LogP contribution in [0.4, 0.5) is 0 Å². The first kappa shape index (κ1) is 22.3. The number of phosphoric ester groups is 1. The Morgan fingerprint density at radius 1 is 1.09 bits per heavy atom. The molecule has 0 fully saturated rings. The van der Waals surface area contributed by atoms with E-state index in [0.717, 1.165) is 30.4 Å². The molecule has 8 heteroatoms. The monoisotopic (exact) mass is 351 g/mol. The minimum atomic E-state index is -4.37. The molecule has 0 aromatic rings. The van der Waals surface area contributed by atoms with Crippen molar-refractivity contribution in [1.29, 1.82) is 0 Å². The number of rotatable bonds is 13. The second-order valence-corrected chi connectivity index (χ2v) is 7.23. The van der Waals surface area contributed by atoms with Gasteiger partial charge < -0.3 is 23.2 Å². The molecule has 0 aromatic carbocycles. The number of likely N-dealkylation sites (N-methyl/N-ethyl adjacent to an activating group) is 1. The van der Waals surface area contributed by atoms with Gasteiger partial charge in [0, 0.05) is 5.57 Å². The Hall–Kier alpha value is -0.720. The summed E-state index contributed by atoms with van der Waals surface area (Å²) in [4.78, 5) is 22.7. The van der Waals surface area contributed by atoms with E-state index in [4.69, 9.17) is 9.26 Å². The van der Waals surface area contributed by atoms with Crippen LogP contribution in [0.3, 0.4) is 0 Å². The number of hydrogen-bond acceptors (Lipinski definition) is 6. The number of esters is 1. The van der Waals surface area contributed by atoms with Crippen LogP contribution in [0.2, 0.25) is 0 Å². The number of nitrogens with zero attached hydrogens (tertiary/aromatic N) is 1. The SMILES string of the molecule is C=C(C)C(=O)OCCOP(=O)([O-])OCC[N+](C)(CCC)CCC. The Labute approximate surface area is 139 Å². The summed E-state index contributed by atoms with van der Waals surface area (Å²) in [6.45, 7) is 11.3. The maximum atomic E-state index is 11.6. The molecule has 0 amide bonds. The molecule has 0 spiro atoms. The highest BCUT2D eigenvalue weighted by Gasteiger charge is 2.20. The molecule has 0 aliphatic carbocycles. The minimum Gasteiger partial charge on any atom is -0.756 e. The molecule has 0 rings (SSSR count). The van der Waals surface area contributed by atoms with Crippen LogP contribution in [0.25, 0.3) is 0 Å². The van der Waals surface area contributed by atoms with Gasteiger partial charge in [-0.15, -0.1) is 0 Å². The first-order chi connectivity index (χ1) is 10.7. The van der Waals surface area contributed by atoms with Crippen LogP contribution in [-0.2, 0) is 23.1 Å². The number of carbonyl (C=O) groups is 1. The second kappa shape index (κ2) is 10.9. The van der Waals surface area contributed by atoms with Crippen molar-refractivity contribution in [3.05, 3.63) is 12.2 Å². The van der Waals surface area contributed by atoms with Crippen molar-refractivity contribution in [3.63, 3.8) is 0 Å². The summed E-state index contributed by atoms with van der Waals surface area (Å²) in [6.07, 6.45) is 2.05. The third kappa shape index (κ3) is 10.6. The molecule has 0 aliphatic heterocycles. The van der Waals surface area contributed by atoms with Gasteiger partial charge in [-0.1, -0.05) is 20.4 Å². The van der Waals surface area contributed by atoms with Crippen LogP contribution < -0.4 is 4.89 Å². The minimum absolute atomic E-state index is 0.0723. The fraction of sp³-hybridized carbons (Fsp3) is 0.800. The van der Waals surface area contributed by atoms with Crippen LogP contribution in [0.5, 0.6) is 0 Å². The molecule has 0 aliphatic rings. The maximum Gasteiger partial charge on any atom is 0.333 e. The molecule has 0 aromatic heterocycles. The van der Waals surface area contributed by atoms with E-state index >= 15 is 0 Å². The molecule has 0 heterocycles. The van der Waals surface area contributed by atoms with Crippen LogP contribution in [0, 0.1) is 0 Å². The first-order valence-corrected chi connectivity index (χ1v) is 9.38. The molecule has 0 bridgehead atoms.